The highest BCUT2D eigenvalue weighted by atomic mass is 32.1. The van der Waals surface area contributed by atoms with Crippen molar-refractivity contribution < 1.29 is 9.53 Å². The number of nitrogen functional groups attached to an aromatic ring is 1. The van der Waals surface area contributed by atoms with E-state index in [0.717, 1.165) is 30.1 Å². The Hall–Kier alpha value is -0.950. The molecule has 5 nitrogen and oxygen atoms in total. The van der Waals surface area contributed by atoms with E-state index >= 15 is 0 Å². The minimum atomic E-state index is -0.191. The highest BCUT2D eigenvalue weighted by molar-refractivity contribution is 7.12. The van der Waals surface area contributed by atoms with Crippen LogP contribution in [0.3, 0.4) is 0 Å². The van der Waals surface area contributed by atoms with E-state index in [0.29, 0.717) is 12.1 Å². The fourth-order valence-corrected chi connectivity index (χ4v) is 4.13. The van der Waals surface area contributed by atoms with Crippen molar-refractivity contribution in [3.05, 3.63) is 21.9 Å². The second-order valence-corrected chi connectivity index (χ2v) is 6.40. The number of morpholine rings is 1. The Bertz CT molecular complexity index is 475. The maximum Gasteiger partial charge on any atom is 0.275 e. The van der Waals surface area contributed by atoms with E-state index in [-0.39, 0.29) is 5.91 Å². The molecule has 1 aromatic heterocycles. The van der Waals surface area contributed by atoms with E-state index in [2.05, 4.69) is 10.3 Å². The van der Waals surface area contributed by atoms with Crippen molar-refractivity contribution >= 4 is 17.2 Å². The number of nitrogens with zero attached hydrogens (tertiary/aromatic N) is 1. The molecule has 1 aromatic rings. The number of thiophene rings is 1. The molecule has 2 unspecified atom stereocenters. The second kappa shape index (κ2) is 6.22. The SMILES string of the molecule is NNC(=O)c1sccc1CN1CCOC2CCCCC21. The maximum atomic E-state index is 11.8. The number of hydrogen-bond acceptors (Lipinski definition) is 5. The molecule has 6 heteroatoms. The number of fused-ring (bicyclic) bond motifs is 1. The average Bonchev–Trinajstić information content (AvgIpc) is 2.95. The van der Waals surface area contributed by atoms with Crippen molar-refractivity contribution in [1.82, 2.24) is 10.3 Å². The number of nitrogens with two attached hydrogens (primary N) is 1. The van der Waals surface area contributed by atoms with Crippen molar-refractivity contribution in [2.45, 2.75) is 44.4 Å². The Balaban J connectivity index is 1.73. The number of amides is 1. The molecule has 1 aliphatic carbocycles. The Morgan fingerprint density at radius 1 is 1.50 bits per heavy atom. The Morgan fingerprint density at radius 3 is 3.20 bits per heavy atom. The lowest BCUT2D eigenvalue weighted by molar-refractivity contribution is -0.0911. The molecular formula is C14H21N3O2S. The van der Waals surface area contributed by atoms with Crippen LogP contribution in [0.4, 0.5) is 0 Å². The summed E-state index contributed by atoms with van der Waals surface area (Å²) in [4.78, 5) is 15.0. The standard InChI is InChI=1S/C14H21N3O2S/c15-16-14(18)13-10(5-8-20-13)9-17-6-7-19-12-4-2-1-3-11(12)17/h5,8,11-12H,1-4,6-7,9,15H2,(H,16,18). The summed E-state index contributed by atoms with van der Waals surface area (Å²) < 4.78 is 5.89. The van der Waals surface area contributed by atoms with Crippen molar-refractivity contribution in [2.75, 3.05) is 13.2 Å². The summed E-state index contributed by atoms with van der Waals surface area (Å²) in [5.74, 6) is 5.05. The Kier molecular flexibility index (Phi) is 4.35. The molecule has 0 bridgehead atoms. The number of carbonyl (C=O) groups is 1. The molecule has 1 saturated heterocycles. The molecule has 110 valence electrons. The minimum Gasteiger partial charge on any atom is -0.375 e. The third kappa shape index (κ3) is 2.74. The first-order chi connectivity index (χ1) is 9.79. The number of hydrazine groups is 1. The molecule has 2 aliphatic rings. The van der Waals surface area contributed by atoms with E-state index in [1.807, 2.05) is 11.4 Å². The summed E-state index contributed by atoms with van der Waals surface area (Å²) in [6.45, 7) is 2.56. The van der Waals surface area contributed by atoms with E-state index in [1.54, 1.807) is 0 Å². The summed E-state index contributed by atoms with van der Waals surface area (Å²) in [5, 5.41) is 1.96. The van der Waals surface area contributed by atoms with Crippen LogP contribution in [0.2, 0.25) is 0 Å². The molecule has 3 N–H and O–H groups in total. The zero-order valence-corrected chi connectivity index (χ0v) is 12.3. The lowest BCUT2D eigenvalue weighted by Crippen LogP contribution is -2.52. The molecule has 1 amide bonds. The molecule has 0 spiro atoms. The summed E-state index contributed by atoms with van der Waals surface area (Å²) in [5.41, 5.74) is 3.30. The average molecular weight is 295 g/mol. The first-order valence-corrected chi connectivity index (χ1v) is 8.10. The first-order valence-electron chi connectivity index (χ1n) is 7.22. The molecule has 2 fully saturated rings. The highest BCUT2D eigenvalue weighted by Gasteiger charge is 2.34. The van der Waals surface area contributed by atoms with Crippen LogP contribution in [0.1, 0.15) is 40.9 Å². The van der Waals surface area contributed by atoms with Crippen LogP contribution in [0, 0.1) is 0 Å². The Morgan fingerprint density at radius 2 is 2.35 bits per heavy atom. The van der Waals surface area contributed by atoms with Gasteiger partial charge in [0.25, 0.3) is 5.91 Å². The van der Waals surface area contributed by atoms with Crippen molar-refractivity contribution in [1.29, 1.82) is 0 Å². The van der Waals surface area contributed by atoms with Crippen LogP contribution in [0.15, 0.2) is 11.4 Å². The summed E-state index contributed by atoms with van der Waals surface area (Å²) >= 11 is 1.45. The molecule has 1 saturated carbocycles. The fourth-order valence-electron chi connectivity index (χ4n) is 3.32. The smallest absolute Gasteiger partial charge is 0.275 e. The van der Waals surface area contributed by atoms with Crippen LogP contribution < -0.4 is 11.3 Å². The number of nitrogens with one attached hydrogen (secondary N) is 1. The van der Waals surface area contributed by atoms with Gasteiger partial charge in [-0.25, -0.2) is 5.84 Å². The van der Waals surface area contributed by atoms with Gasteiger partial charge in [-0.1, -0.05) is 12.8 Å². The highest BCUT2D eigenvalue weighted by Crippen LogP contribution is 2.30. The molecular weight excluding hydrogens is 274 g/mol. The summed E-state index contributed by atoms with van der Waals surface area (Å²) in [6.07, 6.45) is 5.30. The molecule has 20 heavy (non-hydrogen) atoms. The van der Waals surface area contributed by atoms with Gasteiger partial charge in [0.15, 0.2) is 0 Å². The lowest BCUT2D eigenvalue weighted by atomic mass is 9.90. The van der Waals surface area contributed by atoms with Crippen molar-refractivity contribution in [3.63, 3.8) is 0 Å². The van der Waals surface area contributed by atoms with Crippen LogP contribution in [-0.2, 0) is 11.3 Å². The normalized spacial score (nSPS) is 27.1. The number of carbonyl (C=O) groups excluding carboxylic acids is 1. The third-order valence-corrected chi connectivity index (χ3v) is 5.26. The number of rotatable bonds is 3. The van der Waals surface area contributed by atoms with Gasteiger partial charge in [0, 0.05) is 19.1 Å². The largest absolute Gasteiger partial charge is 0.375 e. The van der Waals surface area contributed by atoms with Crippen molar-refractivity contribution in [2.24, 2.45) is 5.84 Å². The summed E-state index contributed by atoms with van der Waals surface area (Å²) in [7, 11) is 0. The van der Waals surface area contributed by atoms with Crippen LogP contribution >= 0.6 is 11.3 Å². The predicted octanol–water partition coefficient (Wildman–Crippen LogP) is 1.49. The van der Waals surface area contributed by atoms with Crippen LogP contribution in [-0.4, -0.2) is 36.1 Å². The van der Waals surface area contributed by atoms with Gasteiger partial charge >= 0.3 is 0 Å². The third-order valence-electron chi connectivity index (χ3n) is 4.30. The van der Waals surface area contributed by atoms with Gasteiger partial charge < -0.3 is 4.74 Å². The molecule has 3 rings (SSSR count). The molecule has 0 radical (unpaired) electrons. The number of hydrogen-bond donors (Lipinski definition) is 2. The van der Waals surface area contributed by atoms with E-state index < -0.39 is 0 Å². The molecule has 1 aliphatic heterocycles. The number of ether oxygens (including phenoxy) is 1. The van der Waals surface area contributed by atoms with Gasteiger partial charge in [0.2, 0.25) is 0 Å². The van der Waals surface area contributed by atoms with Gasteiger partial charge in [-0.2, -0.15) is 0 Å². The molecule has 2 atom stereocenters. The van der Waals surface area contributed by atoms with E-state index in [4.69, 9.17) is 10.6 Å². The lowest BCUT2D eigenvalue weighted by Gasteiger charge is -2.43. The zero-order chi connectivity index (χ0) is 13.9. The monoisotopic (exact) mass is 295 g/mol. The maximum absolute atomic E-state index is 11.8. The molecule has 2 heterocycles. The van der Waals surface area contributed by atoms with Crippen molar-refractivity contribution in [3.8, 4) is 0 Å². The predicted molar refractivity (Wildman–Crippen MR) is 78.4 cm³/mol. The van der Waals surface area contributed by atoms with Gasteiger partial charge in [-0.15, -0.1) is 11.3 Å². The van der Waals surface area contributed by atoms with Gasteiger partial charge in [-0.3, -0.25) is 15.1 Å². The zero-order valence-electron chi connectivity index (χ0n) is 11.5. The van der Waals surface area contributed by atoms with E-state index in [9.17, 15) is 4.79 Å². The minimum absolute atomic E-state index is 0.191. The van der Waals surface area contributed by atoms with Gasteiger partial charge in [-0.05, 0) is 29.9 Å². The van der Waals surface area contributed by atoms with Crippen LogP contribution in [0.5, 0.6) is 0 Å². The quantitative estimate of drug-likeness (QED) is 0.504. The topological polar surface area (TPSA) is 67.6 Å². The second-order valence-electron chi connectivity index (χ2n) is 5.48. The summed E-state index contributed by atoms with van der Waals surface area (Å²) in [6, 6.07) is 2.54. The Labute approximate surface area is 123 Å². The molecule has 0 aromatic carbocycles. The fraction of sp³-hybridized carbons (Fsp3) is 0.643. The first kappa shape index (κ1) is 14.0. The van der Waals surface area contributed by atoms with Crippen LogP contribution in [0.25, 0.3) is 0 Å². The van der Waals surface area contributed by atoms with Gasteiger partial charge in [0.05, 0.1) is 17.6 Å². The van der Waals surface area contributed by atoms with Gasteiger partial charge in [0.1, 0.15) is 0 Å². The van der Waals surface area contributed by atoms with E-state index in [1.165, 1.54) is 37.0 Å².